The van der Waals surface area contributed by atoms with Gasteiger partial charge in [-0.1, -0.05) is 18.2 Å². The van der Waals surface area contributed by atoms with E-state index in [0.717, 1.165) is 0 Å². The molecule has 122 valence electrons. The lowest BCUT2D eigenvalue weighted by Crippen LogP contribution is -2.34. The average Bonchev–Trinajstić information content (AvgIpc) is 3.11. The normalized spacial score (nSPS) is 19.6. The maximum Gasteiger partial charge on any atom is 0.360 e. The molecule has 0 amide bonds. The third-order valence-electron chi connectivity index (χ3n) is 3.88. The summed E-state index contributed by atoms with van der Waals surface area (Å²) >= 11 is 0. The van der Waals surface area contributed by atoms with E-state index in [9.17, 15) is 18.3 Å². The van der Waals surface area contributed by atoms with Crippen molar-refractivity contribution < 1.29 is 18.3 Å². The standard InChI is InChI=1S/C14H16N4O4S/c1-17(11-7-8-23(21,22)9-11)13-12(14(19)20)15-18(16-13)10-5-3-2-4-6-10/h2-6,11H,7-9H2,1H3,(H,19,20). The van der Waals surface area contributed by atoms with Crippen LogP contribution in [0, 0.1) is 0 Å². The monoisotopic (exact) mass is 336 g/mol. The van der Waals surface area contributed by atoms with Crippen molar-refractivity contribution in [2.24, 2.45) is 0 Å². The molecule has 9 heteroatoms. The smallest absolute Gasteiger partial charge is 0.360 e. The lowest BCUT2D eigenvalue weighted by molar-refractivity contribution is 0.0690. The van der Waals surface area contributed by atoms with E-state index >= 15 is 0 Å². The number of hydrogen-bond acceptors (Lipinski definition) is 6. The maximum atomic E-state index is 11.6. The summed E-state index contributed by atoms with van der Waals surface area (Å²) in [7, 11) is -1.42. The van der Waals surface area contributed by atoms with E-state index in [-0.39, 0.29) is 29.1 Å². The van der Waals surface area contributed by atoms with Gasteiger partial charge in [-0.2, -0.15) is 0 Å². The van der Waals surface area contributed by atoms with Gasteiger partial charge >= 0.3 is 5.97 Å². The van der Waals surface area contributed by atoms with Gasteiger partial charge in [0.15, 0.2) is 15.7 Å². The van der Waals surface area contributed by atoms with Crippen LogP contribution in [0.15, 0.2) is 30.3 Å². The first kappa shape index (κ1) is 15.5. The highest BCUT2D eigenvalue weighted by Crippen LogP contribution is 2.24. The lowest BCUT2D eigenvalue weighted by atomic mass is 10.2. The minimum Gasteiger partial charge on any atom is -0.476 e. The van der Waals surface area contributed by atoms with E-state index in [0.29, 0.717) is 12.1 Å². The Hall–Kier alpha value is -2.42. The molecule has 0 bridgehead atoms. The van der Waals surface area contributed by atoms with Crippen molar-refractivity contribution in [2.75, 3.05) is 23.5 Å². The van der Waals surface area contributed by atoms with Crippen molar-refractivity contribution in [3.05, 3.63) is 36.0 Å². The molecule has 2 aromatic rings. The van der Waals surface area contributed by atoms with E-state index in [1.165, 1.54) is 4.80 Å². The molecule has 1 aromatic heterocycles. The average molecular weight is 336 g/mol. The predicted molar refractivity (Wildman–Crippen MR) is 83.8 cm³/mol. The van der Waals surface area contributed by atoms with E-state index in [1.54, 1.807) is 36.2 Å². The molecule has 3 rings (SSSR count). The number of aromatic carboxylic acids is 1. The minimum absolute atomic E-state index is 0.000750. The van der Waals surface area contributed by atoms with Crippen LogP contribution in [0.4, 0.5) is 5.82 Å². The largest absolute Gasteiger partial charge is 0.476 e. The Morgan fingerprint density at radius 3 is 2.57 bits per heavy atom. The van der Waals surface area contributed by atoms with Gasteiger partial charge in [0.2, 0.25) is 5.69 Å². The summed E-state index contributed by atoms with van der Waals surface area (Å²) in [5.41, 5.74) is 0.439. The molecule has 0 aliphatic carbocycles. The summed E-state index contributed by atoms with van der Waals surface area (Å²) in [6.45, 7) is 0. The van der Waals surface area contributed by atoms with Crippen LogP contribution in [0.3, 0.4) is 0 Å². The highest BCUT2D eigenvalue weighted by atomic mass is 32.2. The van der Waals surface area contributed by atoms with Gasteiger partial charge in [-0.05, 0) is 18.6 Å². The SMILES string of the molecule is CN(c1nn(-c2ccccc2)nc1C(=O)O)C1CCS(=O)(=O)C1. The molecule has 2 heterocycles. The molecule has 0 saturated carbocycles. The minimum atomic E-state index is -3.07. The number of nitrogens with zero attached hydrogens (tertiary/aromatic N) is 4. The van der Waals surface area contributed by atoms with Gasteiger partial charge in [0.25, 0.3) is 0 Å². The summed E-state index contributed by atoms with van der Waals surface area (Å²) in [6.07, 6.45) is 0.454. The number of anilines is 1. The molecule has 1 atom stereocenters. The fraction of sp³-hybridized carbons (Fsp3) is 0.357. The van der Waals surface area contributed by atoms with Crippen LogP contribution >= 0.6 is 0 Å². The Labute approximate surface area is 133 Å². The van der Waals surface area contributed by atoms with Crippen LogP contribution in [0.5, 0.6) is 0 Å². The second-order valence-electron chi connectivity index (χ2n) is 5.47. The van der Waals surface area contributed by atoms with Crippen molar-refractivity contribution in [3.63, 3.8) is 0 Å². The quantitative estimate of drug-likeness (QED) is 0.871. The number of rotatable bonds is 4. The molecule has 0 radical (unpaired) electrons. The zero-order valence-electron chi connectivity index (χ0n) is 12.5. The predicted octanol–water partition coefficient (Wildman–Crippen LogP) is 0.589. The third kappa shape index (κ3) is 3.04. The Bertz CT molecular complexity index is 832. The number of carboxylic acid groups (broad SMARTS) is 1. The number of benzene rings is 1. The number of para-hydroxylation sites is 1. The Kier molecular flexibility index (Phi) is 3.80. The number of carboxylic acids is 1. The van der Waals surface area contributed by atoms with Crippen molar-refractivity contribution in [2.45, 2.75) is 12.5 Å². The fourth-order valence-corrected chi connectivity index (χ4v) is 4.38. The highest BCUT2D eigenvalue weighted by molar-refractivity contribution is 7.91. The van der Waals surface area contributed by atoms with Crippen molar-refractivity contribution in [1.82, 2.24) is 15.0 Å². The van der Waals surface area contributed by atoms with Gasteiger partial charge < -0.3 is 10.0 Å². The molecule has 1 aromatic carbocycles. The maximum absolute atomic E-state index is 11.6. The first-order valence-electron chi connectivity index (χ1n) is 7.07. The first-order chi connectivity index (χ1) is 10.9. The van der Waals surface area contributed by atoms with Gasteiger partial charge in [-0.25, -0.2) is 13.2 Å². The van der Waals surface area contributed by atoms with Crippen molar-refractivity contribution in [1.29, 1.82) is 0 Å². The number of sulfone groups is 1. The van der Waals surface area contributed by atoms with Gasteiger partial charge in [-0.15, -0.1) is 15.0 Å². The molecule has 1 unspecified atom stereocenters. The number of carbonyl (C=O) groups is 1. The lowest BCUT2D eigenvalue weighted by Gasteiger charge is -2.22. The summed E-state index contributed by atoms with van der Waals surface area (Å²) in [5, 5.41) is 17.6. The van der Waals surface area contributed by atoms with E-state index in [2.05, 4.69) is 10.2 Å². The van der Waals surface area contributed by atoms with Gasteiger partial charge in [0.05, 0.1) is 17.2 Å². The molecule has 0 spiro atoms. The Balaban J connectivity index is 1.98. The fourth-order valence-electron chi connectivity index (χ4n) is 2.61. The summed E-state index contributed by atoms with van der Waals surface area (Å²) in [4.78, 5) is 14.3. The molecule has 23 heavy (non-hydrogen) atoms. The van der Waals surface area contributed by atoms with Crippen LogP contribution in [0.2, 0.25) is 0 Å². The van der Waals surface area contributed by atoms with Crippen LogP contribution < -0.4 is 4.90 Å². The Morgan fingerprint density at radius 1 is 1.30 bits per heavy atom. The highest BCUT2D eigenvalue weighted by Gasteiger charge is 2.34. The summed E-state index contributed by atoms with van der Waals surface area (Å²) in [5.74, 6) is -0.920. The topological polar surface area (TPSA) is 105 Å². The molecule has 1 aliphatic rings. The molecular weight excluding hydrogens is 320 g/mol. The molecule has 1 aliphatic heterocycles. The molecule has 1 fully saturated rings. The first-order valence-corrected chi connectivity index (χ1v) is 8.89. The number of aromatic nitrogens is 3. The van der Waals surface area contributed by atoms with Crippen LogP contribution in [-0.4, -0.2) is 59.1 Å². The van der Waals surface area contributed by atoms with Crippen LogP contribution in [0.1, 0.15) is 16.9 Å². The van der Waals surface area contributed by atoms with Crippen molar-refractivity contribution in [3.8, 4) is 5.69 Å². The van der Waals surface area contributed by atoms with Crippen LogP contribution in [-0.2, 0) is 9.84 Å². The Morgan fingerprint density at radius 2 is 2.00 bits per heavy atom. The molecule has 1 N–H and O–H groups in total. The third-order valence-corrected chi connectivity index (χ3v) is 5.63. The summed E-state index contributed by atoms with van der Waals surface area (Å²) < 4.78 is 23.3. The van der Waals surface area contributed by atoms with Crippen LogP contribution in [0.25, 0.3) is 5.69 Å². The molecular formula is C14H16N4O4S. The molecule has 1 saturated heterocycles. The molecule has 8 nitrogen and oxygen atoms in total. The van der Waals surface area contributed by atoms with Gasteiger partial charge in [0, 0.05) is 13.1 Å². The van der Waals surface area contributed by atoms with Crippen molar-refractivity contribution >= 4 is 21.6 Å². The second kappa shape index (κ2) is 5.65. The zero-order valence-corrected chi connectivity index (χ0v) is 13.3. The van der Waals surface area contributed by atoms with Gasteiger partial charge in [0.1, 0.15) is 0 Å². The second-order valence-corrected chi connectivity index (χ2v) is 7.70. The number of hydrogen-bond donors (Lipinski definition) is 1. The van der Waals surface area contributed by atoms with Gasteiger partial charge in [-0.3, -0.25) is 0 Å². The summed E-state index contributed by atoms with van der Waals surface area (Å²) in [6, 6.07) is 8.66. The van der Waals surface area contributed by atoms with E-state index < -0.39 is 15.8 Å². The van der Waals surface area contributed by atoms with E-state index in [4.69, 9.17) is 0 Å². The van der Waals surface area contributed by atoms with E-state index in [1.807, 2.05) is 6.07 Å². The zero-order chi connectivity index (χ0) is 16.6.